The molecular formula is C26H53N5O. The first-order valence-electron chi connectivity index (χ1n) is 13.2. The zero-order chi connectivity index (χ0) is 23.4. The first-order valence-corrected chi connectivity index (χ1v) is 13.2. The molecule has 0 bridgehead atoms. The molecule has 0 aromatic carbocycles. The van der Waals surface area contributed by atoms with E-state index in [-0.39, 0.29) is 5.91 Å². The Bertz CT molecular complexity index is 440. The minimum Gasteiger partial charge on any atom is -0.355 e. The van der Waals surface area contributed by atoms with Crippen molar-refractivity contribution in [2.24, 2.45) is 5.73 Å². The zero-order valence-electron chi connectivity index (χ0n) is 20.9. The third-order valence-corrected chi connectivity index (χ3v) is 5.26. The Kier molecular flexibility index (Phi) is 26.8. The van der Waals surface area contributed by atoms with Crippen LogP contribution in [0.2, 0.25) is 0 Å². The van der Waals surface area contributed by atoms with Gasteiger partial charge in [-0.1, -0.05) is 63.3 Å². The van der Waals surface area contributed by atoms with Gasteiger partial charge in [0.2, 0.25) is 5.91 Å². The van der Waals surface area contributed by atoms with E-state index in [1.54, 1.807) is 0 Å². The average molecular weight is 452 g/mol. The van der Waals surface area contributed by atoms with Gasteiger partial charge in [0.15, 0.2) is 0 Å². The van der Waals surface area contributed by atoms with Crippen LogP contribution in [0.15, 0.2) is 24.3 Å². The van der Waals surface area contributed by atoms with Gasteiger partial charge in [-0.15, -0.1) is 0 Å². The maximum Gasteiger partial charge on any atom is 0.220 e. The normalized spacial score (nSPS) is 11.7. The molecule has 1 amide bonds. The highest BCUT2D eigenvalue weighted by Crippen LogP contribution is 2.08. The summed E-state index contributed by atoms with van der Waals surface area (Å²) in [7, 11) is 0. The van der Waals surface area contributed by atoms with Crippen LogP contribution >= 0.6 is 0 Å². The summed E-state index contributed by atoms with van der Waals surface area (Å²) in [5, 5.41) is 12.9. The Morgan fingerprint density at radius 2 is 1.19 bits per heavy atom. The molecule has 0 aliphatic carbocycles. The van der Waals surface area contributed by atoms with E-state index in [1.807, 2.05) is 0 Å². The molecule has 32 heavy (non-hydrogen) atoms. The largest absolute Gasteiger partial charge is 0.355 e. The number of nitrogens with two attached hydrogens (primary N) is 1. The molecule has 0 heterocycles. The molecule has 6 nitrogen and oxygen atoms in total. The maximum absolute atomic E-state index is 11.9. The molecule has 6 heteroatoms. The second kappa shape index (κ2) is 27.8. The Morgan fingerprint density at radius 3 is 1.81 bits per heavy atom. The van der Waals surface area contributed by atoms with Crippen LogP contribution in [0.1, 0.15) is 84.0 Å². The molecule has 0 unspecified atom stereocenters. The van der Waals surface area contributed by atoms with E-state index < -0.39 is 0 Å². The summed E-state index contributed by atoms with van der Waals surface area (Å²) < 4.78 is 0. The van der Waals surface area contributed by atoms with Gasteiger partial charge in [0, 0.05) is 58.8 Å². The van der Waals surface area contributed by atoms with E-state index in [0.717, 1.165) is 58.5 Å². The summed E-state index contributed by atoms with van der Waals surface area (Å²) in [6, 6.07) is 0. The van der Waals surface area contributed by atoms with E-state index >= 15 is 0 Å². The Hall–Kier alpha value is -1.21. The Balaban J connectivity index is 3.24. The number of hydrogen-bond acceptors (Lipinski definition) is 5. The van der Waals surface area contributed by atoms with Crippen LogP contribution in [0.25, 0.3) is 0 Å². The van der Waals surface area contributed by atoms with Gasteiger partial charge in [0.05, 0.1) is 0 Å². The maximum atomic E-state index is 11.9. The first-order chi connectivity index (χ1) is 15.8. The van der Waals surface area contributed by atoms with E-state index in [2.05, 4.69) is 52.5 Å². The van der Waals surface area contributed by atoms with Crippen LogP contribution < -0.4 is 27.0 Å². The number of carbonyl (C=O) groups excluding carboxylic acids is 1. The van der Waals surface area contributed by atoms with E-state index in [4.69, 9.17) is 5.73 Å². The number of carbonyl (C=O) groups is 1. The van der Waals surface area contributed by atoms with Gasteiger partial charge in [0.1, 0.15) is 0 Å². The van der Waals surface area contributed by atoms with Gasteiger partial charge >= 0.3 is 0 Å². The van der Waals surface area contributed by atoms with Gasteiger partial charge in [-0.3, -0.25) is 4.79 Å². The fraction of sp³-hybridized carbons (Fsp3) is 0.808. The quantitative estimate of drug-likeness (QED) is 0.108. The fourth-order valence-corrected chi connectivity index (χ4v) is 3.31. The highest BCUT2D eigenvalue weighted by Gasteiger charge is 2.00. The number of hydrogen-bond donors (Lipinski definition) is 5. The van der Waals surface area contributed by atoms with Crippen LogP contribution in [0.3, 0.4) is 0 Å². The molecule has 0 radical (unpaired) electrons. The predicted molar refractivity (Wildman–Crippen MR) is 140 cm³/mol. The number of allylic oxidation sites excluding steroid dienone is 4. The fourth-order valence-electron chi connectivity index (χ4n) is 3.31. The lowest BCUT2D eigenvalue weighted by Gasteiger charge is -2.08. The smallest absolute Gasteiger partial charge is 0.220 e. The number of amides is 1. The van der Waals surface area contributed by atoms with Crippen molar-refractivity contribution in [2.75, 3.05) is 52.4 Å². The molecule has 0 aromatic rings. The summed E-state index contributed by atoms with van der Waals surface area (Å²) in [4.78, 5) is 11.9. The summed E-state index contributed by atoms with van der Waals surface area (Å²) >= 11 is 0. The molecule has 0 spiro atoms. The lowest BCUT2D eigenvalue weighted by atomic mass is 10.1. The molecule has 0 fully saturated rings. The van der Waals surface area contributed by atoms with Crippen molar-refractivity contribution in [2.45, 2.75) is 84.0 Å². The van der Waals surface area contributed by atoms with Crippen LogP contribution in [0.4, 0.5) is 0 Å². The predicted octanol–water partition coefficient (Wildman–Crippen LogP) is 3.64. The third kappa shape index (κ3) is 26.8. The zero-order valence-corrected chi connectivity index (χ0v) is 20.9. The van der Waals surface area contributed by atoms with Crippen molar-refractivity contribution < 1.29 is 4.79 Å². The number of rotatable bonds is 25. The van der Waals surface area contributed by atoms with Gasteiger partial charge in [-0.2, -0.15) is 0 Å². The van der Waals surface area contributed by atoms with Crippen molar-refractivity contribution in [3.05, 3.63) is 24.3 Å². The number of unbranched alkanes of at least 4 members (excludes halogenated alkanes) is 8. The van der Waals surface area contributed by atoms with Crippen molar-refractivity contribution in [3.8, 4) is 0 Å². The van der Waals surface area contributed by atoms with Crippen molar-refractivity contribution in [1.82, 2.24) is 21.3 Å². The molecule has 0 aromatic heterocycles. The standard InChI is InChI=1S/C26H53N5O/c1-2-3-4-5-6-7-8-9-10-11-12-13-14-15-16-17-26(32)31-25-24-30-23-22-29-21-20-28-19-18-27/h6-7,9-10,28-30H,2-5,8,11-25,27H2,1H3,(H,31,32)/b7-6+,10-9+. The van der Waals surface area contributed by atoms with Gasteiger partial charge in [-0.05, 0) is 38.5 Å². The Morgan fingerprint density at radius 1 is 0.656 bits per heavy atom. The topological polar surface area (TPSA) is 91.2 Å². The molecule has 0 saturated heterocycles. The van der Waals surface area contributed by atoms with Crippen LogP contribution in [-0.2, 0) is 4.79 Å². The minimum atomic E-state index is 0.182. The van der Waals surface area contributed by atoms with Crippen LogP contribution in [0, 0.1) is 0 Å². The molecule has 0 saturated carbocycles. The monoisotopic (exact) mass is 451 g/mol. The molecule has 0 atom stereocenters. The third-order valence-electron chi connectivity index (χ3n) is 5.26. The van der Waals surface area contributed by atoms with E-state index in [0.29, 0.717) is 19.5 Å². The number of nitrogens with one attached hydrogen (secondary N) is 4. The molecule has 0 aliphatic rings. The molecule has 188 valence electrons. The second-order valence-corrected chi connectivity index (χ2v) is 8.37. The Labute approximate surface area is 198 Å². The van der Waals surface area contributed by atoms with Crippen LogP contribution in [-0.4, -0.2) is 58.3 Å². The lowest BCUT2D eigenvalue weighted by molar-refractivity contribution is -0.121. The lowest BCUT2D eigenvalue weighted by Crippen LogP contribution is -2.36. The van der Waals surface area contributed by atoms with Crippen molar-refractivity contribution >= 4 is 5.91 Å². The SMILES string of the molecule is CCCCC/C=C/C/C=C/CCCCCCCC(=O)NCCNCCNCCNCCN. The van der Waals surface area contributed by atoms with Gasteiger partial charge in [-0.25, -0.2) is 0 Å². The first kappa shape index (κ1) is 30.8. The van der Waals surface area contributed by atoms with Gasteiger partial charge < -0.3 is 27.0 Å². The molecule has 6 N–H and O–H groups in total. The van der Waals surface area contributed by atoms with Crippen molar-refractivity contribution in [3.63, 3.8) is 0 Å². The average Bonchev–Trinajstić information content (AvgIpc) is 2.80. The molecule has 0 rings (SSSR count). The minimum absolute atomic E-state index is 0.182. The summed E-state index contributed by atoms with van der Waals surface area (Å²) in [6.07, 6.45) is 23.2. The van der Waals surface area contributed by atoms with Crippen LogP contribution in [0.5, 0.6) is 0 Å². The molecular weight excluding hydrogens is 398 g/mol. The summed E-state index contributed by atoms with van der Waals surface area (Å²) in [6.45, 7) is 9.07. The highest BCUT2D eigenvalue weighted by molar-refractivity contribution is 5.75. The van der Waals surface area contributed by atoms with E-state index in [9.17, 15) is 4.79 Å². The van der Waals surface area contributed by atoms with Crippen molar-refractivity contribution in [1.29, 1.82) is 0 Å². The second-order valence-electron chi connectivity index (χ2n) is 8.37. The molecule has 0 aliphatic heterocycles. The summed E-state index contributed by atoms with van der Waals surface area (Å²) in [5.74, 6) is 0.182. The summed E-state index contributed by atoms with van der Waals surface area (Å²) in [5.41, 5.74) is 5.42. The van der Waals surface area contributed by atoms with Gasteiger partial charge in [0.25, 0.3) is 0 Å². The van der Waals surface area contributed by atoms with E-state index in [1.165, 1.54) is 51.4 Å². The highest BCUT2D eigenvalue weighted by atomic mass is 16.1.